The zero-order valence-corrected chi connectivity index (χ0v) is 22.2. The highest BCUT2D eigenvalue weighted by molar-refractivity contribution is 6.32. The first kappa shape index (κ1) is 28.6. The van der Waals surface area contributed by atoms with Gasteiger partial charge in [-0.15, -0.1) is 10.2 Å². The van der Waals surface area contributed by atoms with Gasteiger partial charge < -0.3 is 4.74 Å². The molecular weight excluding hydrogens is 553 g/mol. The third kappa shape index (κ3) is 5.93. The summed E-state index contributed by atoms with van der Waals surface area (Å²) in [7, 11) is 1.22. The maximum Gasteiger partial charge on any atom is 0.455 e. The summed E-state index contributed by atoms with van der Waals surface area (Å²) in [6.45, 7) is 3.02. The molecule has 0 radical (unpaired) electrons. The maximum absolute atomic E-state index is 13.7. The number of ether oxygens (including phenoxy) is 1. The van der Waals surface area contributed by atoms with E-state index in [1.807, 2.05) is 0 Å². The first-order chi connectivity index (χ1) is 18.9. The van der Waals surface area contributed by atoms with Gasteiger partial charge in [-0.1, -0.05) is 30.7 Å². The lowest BCUT2D eigenvalue weighted by molar-refractivity contribution is -0.145. The summed E-state index contributed by atoms with van der Waals surface area (Å²) in [5.74, 6) is -2.76. The van der Waals surface area contributed by atoms with E-state index in [9.17, 15) is 27.6 Å². The van der Waals surface area contributed by atoms with Crippen LogP contribution in [0.2, 0.25) is 5.02 Å². The van der Waals surface area contributed by atoms with E-state index >= 15 is 0 Å². The van der Waals surface area contributed by atoms with Crippen molar-refractivity contribution < 1.29 is 32.3 Å². The van der Waals surface area contributed by atoms with Crippen LogP contribution >= 0.6 is 11.6 Å². The summed E-state index contributed by atoms with van der Waals surface area (Å²) in [4.78, 5) is 39.3. The molecule has 0 aliphatic heterocycles. The molecule has 2 heterocycles. The van der Waals surface area contributed by atoms with Crippen molar-refractivity contribution in [1.82, 2.24) is 30.0 Å². The predicted molar refractivity (Wildman–Crippen MR) is 136 cm³/mol. The molecule has 2 aromatic heterocycles. The molecule has 4 aromatic rings. The Labute approximate surface area is 230 Å². The fourth-order valence-corrected chi connectivity index (χ4v) is 4.28. The zero-order valence-electron chi connectivity index (χ0n) is 21.5. The van der Waals surface area contributed by atoms with Gasteiger partial charge in [-0.25, -0.2) is 9.48 Å². The molecule has 0 aliphatic rings. The third-order valence-electron chi connectivity index (χ3n) is 5.99. The van der Waals surface area contributed by atoms with E-state index in [4.69, 9.17) is 16.3 Å². The fourth-order valence-electron chi connectivity index (χ4n) is 4.06. The van der Waals surface area contributed by atoms with Crippen molar-refractivity contribution >= 4 is 29.1 Å². The van der Waals surface area contributed by atoms with Crippen LogP contribution in [0.5, 0.6) is 0 Å². The number of benzene rings is 2. The molecule has 0 bridgehead atoms. The molecule has 14 heteroatoms. The number of tetrazole rings is 1. The highest BCUT2D eigenvalue weighted by Crippen LogP contribution is 2.27. The lowest BCUT2D eigenvalue weighted by Crippen LogP contribution is -2.16. The van der Waals surface area contributed by atoms with Gasteiger partial charge in [0.1, 0.15) is 12.2 Å². The molecule has 40 heavy (non-hydrogen) atoms. The summed E-state index contributed by atoms with van der Waals surface area (Å²) in [6, 6.07) is 10.9. The van der Waals surface area contributed by atoms with Crippen LogP contribution in [0.1, 0.15) is 67.2 Å². The number of halogens is 4. The molecule has 208 valence electrons. The molecule has 4 rings (SSSR count). The number of methoxy groups -OCH3 is 1. The SMILES string of the molecule is CCC(=O)c1cc(C(=O)OC)cc(C)c1CC(=O)c1cc(Cn2nnc(C(F)(F)F)n2)nn1-c1ccccc1Cl. The van der Waals surface area contributed by atoms with Gasteiger partial charge in [0.25, 0.3) is 5.82 Å². The summed E-state index contributed by atoms with van der Waals surface area (Å²) >= 11 is 6.36. The maximum atomic E-state index is 13.7. The van der Waals surface area contributed by atoms with Crippen molar-refractivity contribution in [2.45, 2.75) is 39.4 Å². The number of rotatable bonds is 9. The molecular formula is C26H22ClF3N6O4. The van der Waals surface area contributed by atoms with Crippen LogP contribution in [-0.4, -0.2) is 54.6 Å². The fraction of sp³-hybridized carbons (Fsp3) is 0.269. The van der Waals surface area contributed by atoms with Gasteiger partial charge in [-0.05, 0) is 53.6 Å². The summed E-state index contributed by atoms with van der Waals surface area (Å²) in [5, 5.41) is 14.4. The van der Waals surface area contributed by atoms with Gasteiger partial charge >= 0.3 is 12.1 Å². The Balaban J connectivity index is 1.76. The van der Waals surface area contributed by atoms with Crippen molar-refractivity contribution in [2.24, 2.45) is 0 Å². The number of esters is 1. The molecule has 0 amide bonds. The van der Waals surface area contributed by atoms with E-state index in [2.05, 4.69) is 20.5 Å². The zero-order chi connectivity index (χ0) is 29.2. The van der Waals surface area contributed by atoms with Crippen molar-refractivity contribution in [2.75, 3.05) is 7.11 Å². The number of ketones is 2. The monoisotopic (exact) mass is 574 g/mol. The van der Waals surface area contributed by atoms with Gasteiger partial charge in [0.15, 0.2) is 11.6 Å². The Morgan fingerprint density at radius 1 is 1.05 bits per heavy atom. The van der Waals surface area contributed by atoms with Crippen molar-refractivity contribution in [1.29, 1.82) is 0 Å². The summed E-state index contributed by atoms with van der Waals surface area (Å²) in [5.41, 5.74) is 1.92. The normalized spacial score (nSPS) is 11.5. The minimum atomic E-state index is -4.77. The van der Waals surface area contributed by atoms with Crippen molar-refractivity contribution in [3.05, 3.63) is 87.0 Å². The molecule has 10 nitrogen and oxygen atoms in total. The topological polar surface area (TPSA) is 122 Å². The number of hydrogen-bond acceptors (Lipinski definition) is 8. The second-order valence-corrected chi connectivity index (χ2v) is 9.12. The van der Waals surface area contributed by atoms with Gasteiger partial charge in [-0.2, -0.15) is 23.1 Å². The second-order valence-electron chi connectivity index (χ2n) is 8.71. The van der Waals surface area contributed by atoms with Gasteiger partial charge in [0.05, 0.1) is 29.1 Å². The average Bonchev–Trinajstić information content (AvgIpc) is 3.56. The Hall–Kier alpha value is -4.39. The minimum absolute atomic E-state index is 0.0607. The van der Waals surface area contributed by atoms with Crippen LogP contribution in [0.4, 0.5) is 13.2 Å². The van der Waals surface area contributed by atoms with E-state index in [-0.39, 0.29) is 52.7 Å². The standard InChI is InChI=1S/C26H22ClF3N6O4/c1-4-22(37)18-10-15(24(39)40-3)9-14(2)17(18)12-23(38)21-11-16(13-35-33-25(31-34-35)26(28,29)30)32-36(21)20-8-6-5-7-19(20)27/h5-11H,4,12-13H2,1-3H3. The van der Waals surface area contributed by atoms with Crippen LogP contribution in [-0.2, 0) is 23.9 Å². The van der Waals surface area contributed by atoms with Crippen LogP contribution in [0, 0.1) is 6.92 Å². The third-order valence-corrected chi connectivity index (χ3v) is 6.31. The highest BCUT2D eigenvalue weighted by Gasteiger charge is 2.37. The van der Waals surface area contributed by atoms with Crippen molar-refractivity contribution in [3.8, 4) is 5.69 Å². The Kier molecular flexibility index (Phi) is 8.14. The highest BCUT2D eigenvalue weighted by atomic mass is 35.5. The molecule has 0 unspecified atom stereocenters. The Morgan fingerprint density at radius 3 is 2.40 bits per heavy atom. The number of aromatic nitrogens is 6. The lowest BCUT2D eigenvalue weighted by Gasteiger charge is -2.14. The average molecular weight is 575 g/mol. The molecule has 2 aromatic carbocycles. The van der Waals surface area contributed by atoms with Gasteiger partial charge in [-0.3, -0.25) is 9.59 Å². The van der Waals surface area contributed by atoms with E-state index < -0.39 is 23.8 Å². The number of Topliss-reactive ketones (excluding diaryl/α,β-unsaturated/α-hetero) is 2. The number of carbonyl (C=O) groups excluding carboxylic acids is 3. The number of aryl methyl sites for hydroxylation is 1. The van der Waals surface area contributed by atoms with Crippen LogP contribution < -0.4 is 0 Å². The molecule has 0 spiro atoms. The second kappa shape index (κ2) is 11.4. The number of carbonyl (C=O) groups is 3. The summed E-state index contributed by atoms with van der Waals surface area (Å²) < 4.78 is 44.8. The predicted octanol–water partition coefficient (Wildman–Crippen LogP) is 4.69. The van der Waals surface area contributed by atoms with Crippen LogP contribution in [0.3, 0.4) is 0 Å². The van der Waals surface area contributed by atoms with E-state index in [1.165, 1.54) is 30.0 Å². The van der Waals surface area contributed by atoms with E-state index in [0.717, 1.165) is 0 Å². The lowest BCUT2D eigenvalue weighted by atomic mass is 9.91. The molecule has 0 fully saturated rings. The number of alkyl halides is 3. The molecule has 0 atom stereocenters. The molecule has 0 N–H and O–H groups in total. The number of nitrogens with zero attached hydrogens (tertiary/aromatic N) is 6. The van der Waals surface area contributed by atoms with Crippen LogP contribution in [0.25, 0.3) is 5.69 Å². The van der Waals surface area contributed by atoms with Crippen molar-refractivity contribution in [3.63, 3.8) is 0 Å². The largest absolute Gasteiger partial charge is 0.465 e. The minimum Gasteiger partial charge on any atom is -0.465 e. The van der Waals surface area contributed by atoms with E-state index in [0.29, 0.717) is 21.6 Å². The number of para-hydroxylation sites is 1. The van der Waals surface area contributed by atoms with Gasteiger partial charge in [0.2, 0.25) is 0 Å². The molecule has 0 aliphatic carbocycles. The Morgan fingerprint density at radius 2 is 1.77 bits per heavy atom. The Bertz CT molecular complexity index is 1610. The quantitative estimate of drug-likeness (QED) is 0.208. The molecule has 0 saturated heterocycles. The van der Waals surface area contributed by atoms with Gasteiger partial charge in [0, 0.05) is 18.4 Å². The first-order valence-electron chi connectivity index (χ1n) is 11.9. The summed E-state index contributed by atoms with van der Waals surface area (Å²) in [6.07, 6.45) is -4.87. The smallest absolute Gasteiger partial charge is 0.455 e. The first-order valence-corrected chi connectivity index (χ1v) is 12.3. The van der Waals surface area contributed by atoms with Crippen LogP contribution in [0.15, 0.2) is 42.5 Å². The molecule has 0 saturated carbocycles. The number of hydrogen-bond donors (Lipinski definition) is 0. The van der Waals surface area contributed by atoms with E-state index in [1.54, 1.807) is 38.1 Å².